The summed E-state index contributed by atoms with van der Waals surface area (Å²) >= 11 is 0. The van der Waals surface area contributed by atoms with E-state index in [1.807, 2.05) is 184 Å². The summed E-state index contributed by atoms with van der Waals surface area (Å²) in [6, 6.07) is 56.5. The summed E-state index contributed by atoms with van der Waals surface area (Å²) in [4.78, 5) is 111. The smallest absolute Gasteiger partial charge is 0.426 e. The number of cyclic esters (lactones) is 1. The molecule has 828 valence electrons. The zero-order valence-electron chi connectivity index (χ0n) is 92.8. The zero-order chi connectivity index (χ0) is 112. The summed E-state index contributed by atoms with van der Waals surface area (Å²) in [5.41, 5.74) is -0.103. The molecule has 15 rings (SSSR count). The zero-order valence-corrected chi connectivity index (χ0v) is 94.4. The first-order valence-corrected chi connectivity index (χ1v) is 55.9. The van der Waals surface area contributed by atoms with Crippen LogP contribution in [0.1, 0.15) is 343 Å². The maximum absolute atomic E-state index is 13.1. The van der Waals surface area contributed by atoms with Crippen LogP contribution >= 0.6 is 0 Å². The highest BCUT2D eigenvalue weighted by Gasteiger charge is 2.71. The second kappa shape index (κ2) is 55.1. The van der Waals surface area contributed by atoms with Crippen LogP contribution in [-0.2, 0) is 98.2 Å². The fraction of sp³-hybridized carbons (Fsp3) is 0.575. The van der Waals surface area contributed by atoms with Gasteiger partial charge in [-0.15, -0.1) is 0 Å². The first-order chi connectivity index (χ1) is 70.0. The van der Waals surface area contributed by atoms with E-state index in [9.17, 15) is 74.4 Å². The normalized spacial score (nSPS) is 20.7. The fourth-order valence-electron chi connectivity index (χ4n) is 17.0. The first kappa shape index (κ1) is 126. The number of carbonyl (C=O) groups excluding carboxylic acids is 9. The molecule has 7 fully saturated rings. The summed E-state index contributed by atoms with van der Waals surface area (Å²) in [5, 5.41) is 27.8. The Morgan fingerprint density at radius 1 is 0.507 bits per heavy atom. The summed E-state index contributed by atoms with van der Waals surface area (Å²) in [6.07, 6.45) is 9.51. The predicted octanol–water partition coefficient (Wildman–Crippen LogP) is 27.0. The molecule has 2 bridgehead atoms. The van der Waals surface area contributed by atoms with Crippen LogP contribution in [0.15, 0.2) is 191 Å². The summed E-state index contributed by atoms with van der Waals surface area (Å²) in [6.45, 7) is 49.2. The highest BCUT2D eigenvalue weighted by atomic mass is 32.2. The molecule has 2 saturated heterocycles. The van der Waals surface area contributed by atoms with Gasteiger partial charge in [0.2, 0.25) is 15.9 Å². The minimum absolute atomic E-state index is 0.0231. The van der Waals surface area contributed by atoms with Gasteiger partial charge in [0.05, 0.1) is 72.4 Å². The van der Waals surface area contributed by atoms with Gasteiger partial charge in [-0.1, -0.05) is 155 Å². The van der Waals surface area contributed by atoms with E-state index in [1.165, 1.54) is 70.1 Å². The second-order valence-electron chi connectivity index (χ2n) is 44.7. The number of aromatic hydroxyl groups is 2. The number of phenols is 2. The van der Waals surface area contributed by atoms with Gasteiger partial charge in [0.25, 0.3) is 0 Å². The molecule has 0 amide bonds. The Hall–Kier alpha value is -10.8. The molecule has 3 N–H and O–H groups in total. The monoisotopic (exact) mass is 2130 g/mol. The van der Waals surface area contributed by atoms with Crippen molar-refractivity contribution in [2.24, 2.45) is 56.2 Å². The molecule has 0 aromatic heterocycles. The Balaban J connectivity index is 0.000000233. The fourth-order valence-corrected chi connectivity index (χ4v) is 19.9. The topological polar surface area (TPSA) is 364 Å². The van der Waals surface area contributed by atoms with Gasteiger partial charge in [0.1, 0.15) is 63.1 Å². The molecule has 3 heterocycles. The number of esters is 8. The molecule has 11 unspecified atom stereocenters. The lowest BCUT2D eigenvalue weighted by atomic mass is 9.78. The lowest BCUT2D eigenvalue weighted by Gasteiger charge is -2.34. The largest absolute Gasteiger partial charge is 0.748 e. The van der Waals surface area contributed by atoms with Crippen molar-refractivity contribution in [2.45, 2.75) is 388 Å². The molecule has 11 atom stereocenters. The lowest BCUT2D eigenvalue weighted by Crippen LogP contribution is -2.47. The number of ether oxygens (including phenoxy) is 10. The molecule has 3 aliphatic heterocycles. The molecule has 0 radical (unpaired) electrons. The van der Waals surface area contributed by atoms with Crippen molar-refractivity contribution in [3.05, 3.63) is 193 Å². The number of hydrogen-bond donors (Lipinski definition) is 3. The molecule has 30 heteroatoms. The van der Waals surface area contributed by atoms with Crippen LogP contribution in [0.25, 0.3) is 0 Å². The number of alkyl halides is 3. The first-order valence-electron chi connectivity index (χ1n) is 53.1. The van der Waals surface area contributed by atoms with Crippen LogP contribution in [-0.4, -0.2) is 136 Å². The van der Waals surface area contributed by atoms with Crippen molar-refractivity contribution in [2.75, 3.05) is 12.4 Å². The highest BCUT2D eigenvalue weighted by Crippen LogP contribution is 2.60. The molecule has 5 aliphatic carbocycles. The van der Waals surface area contributed by atoms with Gasteiger partial charge in [0, 0.05) is 18.3 Å². The van der Waals surface area contributed by atoms with E-state index < -0.39 is 115 Å². The molecule has 7 aromatic rings. The van der Waals surface area contributed by atoms with Gasteiger partial charge < -0.3 is 67.2 Å². The van der Waals surface area contributed by atoms with E-state index in [0.29, 0.717) is 55.0 Å². The number of fused-ring (bicyclic) bond motifs is 3. The minimum atomic E-state index is -5.36. The SMILES string of the molecule is CCC(C)(C)C(=O)OC1(C)CCCC1.CCC(C)(C)C(=O)OC1C2CC3C1OC(=O)C3C2C(=O)OC(CS(=O)(=O)[O-])C(F)(F)F.CCC(C)(C)C(=O)OC1CCCC1=O.CCC(C)(C)C(=O)Oc1ccc(O)cc1.CCC(C)(C)C(=O)Oc1ccc(OC2(C)CCCCC2)cc1.CCC(C)c1ccc(C(C)(C)O)cc1.CCC(C)c1ccc(O)cc1.CCC1(C)CCOC1=O.c1ccc([S+]2c3ccccc3Oc3ccccc32)cc1. The molecular formula is C120H165F3O25S2. The molecule has 5 saturated carbocycles. The number of halogens is 3. The van der Waals surface area contributed by atoms with E-state index in [1.54, 1.807) is 45.0 Å². The number of aliphatic hydroxyl groups is 1. The van der Waals surface area contributed by atoms with Crippen LogP contribution in [0.4, 0.5) is 13.2 Å². The number of Topliss-reactive ketones (excluding diaryl/α,β-unsaturated/α-hetero) is 1. The van der Waals surface area contributed by atoms with Crippen molar-refractivity contribution >= 4 is 74.6 Å². The summed E-state index contributed by atoms with van der Waals surface area (Å²) < 4.78 is 125. The lowest BCUT2D eigenvalue weighted by molar-refractivity contribution is -0.220. The van der Waals surface area contributed by atoms with Crippen LogP contribution in [0.3, 0.4) is 0 Å². The Morgan fingerprint density at radius 3 is 1.35 bits per heavy atom. The molecule has 7 aromatic carbocycles. The van der Waals surface area contributed by atoms with Gasteiger partial charge in [0.15, 0.2) is 28.3 Å². The minimum Gasteiger partial charge on any atom is -0.748 e. The standard InChI is InChI=1S/C19H28O3.C18H23F3O9S.C18H13OS.C13H20O.C12H16O3.C12H22O2.C11H18O3.C10H14O.C7H12O2/c1-5-18(2,3)17(20)21-15-9-11-16(12-10-15)22-19(4)13-7-6-8-14-19;1-4-17(2,3)16(24)30-13-8-5-7-11(15(23)29-12(7)13)10(8)14(22)28-9(18(19,20)21)6-31(25,26)27;1-2-8-14(9-3-1)20-17-12-6-4-10-15(17)19-16-11-5-7-13-18(16)20;1-5-10(2)11-6-8-12(9-7-11)13(3,4)14;1-4-12(2,3)11(14)15-10-7-5-9(13)6-8-10;1-5-11(2,3)10(13)14-12(4)8-6-7-9-12;1-4-11(2,3)10(13)14-9-7-5-6-8(9)12;1-3-8(2)9-4-6-10(11)7-5-9;1-3-7(2)4-5-9-6(7)8/h9-12H,5-8,13-14H2,1-4H3;7-13H,4-6H2,1-3H3,(H,25,26,27);1-13H;6-10,14H,5H2,1-4H3;5-8,13H,4H2,1-3H3;5-9H2,1-4H3;9H,4-7H2,1-3H3;4-8,11H,3H2,1-2H3;3-5H2,1-2H3/q;;+1;;;;;;/p-1. The molecular weight excluding hydrogens is 1960 g/mol. The number of para-hydroxylation sites is 2. The van der Waals surface area contributed by atoms with E-state index >= 15 is 0 Å². The van der Waals surface area contributed by atoms with E-state index in [2.05, 4.69) is 113 Å². The molecule has 150 heavy (non-hydrogen) atoms. The summed E-state index contributed by atoms with van der Waals surface area (Å²) in [5.74, 6) is -3.88. The number of hydrogen-bond acceptors (Lipinski definition) is 25. The maximum atomic E-state index is 13.1. The number of benzene rings is 7. The van der Waals surface area contributed by atoms with Gasteiger partial charge >= 0.3 is 53.9 Å². The van der Waals surface area contributed by atoms with Crippen molar-refractivity contribution in [3.8, 4) is 40.2 Å². The van der Waals surface area contributed by atoms with Crippen molar-refractivity contribution in [1.82, 2.24) is 0 Å². The maximum Gasteiger partial charge on any atom is 0.426 e. The molecule has 25 nitrogen and oxygen atoms in total. The van der Waals surface area contributed by atoms with Gasteiger partial charge in [-0.3, -0.25) is 43.2 Å². The van der Waals surface area contributed by atoms with Crippen molar-refractivity contribution in [3.63, 3.8) is 0 Å². The van der Waals surface area contributed by atoms with Crippen LogP contribution in [0.5, 0.6) is 40.2 Å². The molecule has 8 aliphatic rings. The van der Waals surface area contributed by atoms with E-state index in [-0.39, 0.29) is 80.7 Å². The van der Waals surface area contributed by atoms with E-state index in [4.69, 9.17) is 52.8 Å². The Bertz CT molecular complexity index is 5600. The van der Waals surface area contributed by atoms with Crippen molar-refractivity contribution < 1.29 is 132 Å². The third-order valence-electron chi connectivity index (χ3n) is 30.4. The Kier molecular flexibility index (Phi) is 46.3. The third-order valence-corrected chi connectivity index (χ3v) is 33.5. The number of phenolic OH excluding ortho intramolecular Hbond substituents is 2. The predicted molar refractivity (Wildman–Crippen MR) is 572 cm³/mol. The highest BCUT2D eigenvalue weighted by molar-refractivity contribution is 7.97. The van der Waals surface area contributed by atoms with Crippen LogP contribution in [0.2, 0.25) is 0 Å². The number of rotatable bonds is 28. The number of carbonyl (C=O) groups is 9. The van der Waals surface area contributed by atoms with Crippen LogP contribution in [0, 0.1) is 56.2 Å². The van der Waals surface area contributed by atoms with Crippen LogP contribution < -0.4 is 18.9 Å². The van der Waals surface area contributed by atoms with Gasteiger partial charge in [-0.05, 0) is 358 Å². The average Bonchev–Trinajstić information content (AvgIpc) is 1.54. The second-order valence-corrected chi connectivity index (χ2v) is 48.1. The Morgan fingerprint density at radius 2 is 0.927 bits per heavy atom. The van der Waals surface area contributed by atoms with E-state index in [0.717, 1.165) is 106 Å². The quantitative estimate of drug-likeness (QED) is 0.0135. The average molecular weight is 2130 g/mol. The Labute approximate surface area is 890 Å². The molecule has 0 spiro atoms. The van der Waals surface area contributed by atoms with Gasteiger partial charge in [-0.2, -0.15) is 13.2 Å². The summed E-state index contributed by atoms with van der Waals surface area (Å²) in [7, 11) is -5.44. The van der Waals surface area contributed by atoms with Gasteiger partial charge in [-0.25, -0.2) is 8.42 Å². The third kappa shape index (κ3) is 36.5. The number of ketones is 1. The van der Waals surface area contributed by atoms with Crippen molar-refractivity contribution in [1.29, 1.82) is 0 Å².